The minimum absolute atomic E-state index is 0. The molecule has 0 aliphatic rings. The van der Waals surface area contributed by atoms with Gasteiger partial charge in [0, 0.05) is 65.7 Å². The van der Waals surface area contributed by atoms with E-state index in [9.17, 15) is 5.11 Å². The van der Waals surface area contributed by atoms with Crippen molar-refractivity contribution in [2.24, 2.45) is 0 Å². The van der Waals surface area contributed by atoms with Gasteiger partial charge in [0.1, 0.15) is 5.75 Å². The first kappa shape index (κ1) is 40.2. The summed E-state index contributed by atoms with van der Waals surface area (Å²) in [7, 11) is 0. The standard InChI is InChI=1S/C53H46N3OS.Pt/c1-33-25-48-51(58-33)44-21-14-20-42(50(44)56(48)41-17-9-8-10-18-41)34-23-24-54-45(29-34)35-15-13-16-36(26-35)46-30-38(31-47(55-46)43-19-11-12-22-49(43)57)37-27-39(52(2,3)4)32-40(28-37)53(5,6)7;/h8-25,27-32,57H,1-7H3;/q-1;. The molecule has 0 atom stereocenters. The van der Waals surface area contributed by atoms with Crippen molar-refractivity contribution in [2.75, 3.05) is 0 Å². The number of hydrogen-bond acceptors (Lipinski definition) is 4. The summed E-state index contributed by atoms with van der Waals surface area (Å²) in [4.78, 5) is 11.4. The zero-order valence-electron chi connectivity index (χ0n) is 34.4. The van der Waals surface area contributed by atoms with Crippen LogP contribution in [0.25, 0.3) is 82.8 Å². The molecule has 0 amide bonds. The van der Waals surface area contributed by atoms with Crippen molar-refractivity contribution in [2.45, 2.75) is 59.3 Å². The summed E-state index contributed by atoms with van der Waals surface area (Å²) < 4.78 is 3.70. The van der Waals surface area contributed by atoms with Crippen molar-refractivity contribution in [1.82, 2.24) is 14.5 Å². The Bertz CT molecular complexity index is 2970. The van der Waals surface area contributed by atoms with Crippen molar-refractivity contribution in [1.29, 1.82) is 0 Å². The molecule has 0 unspecified atom stereocenters. The van der Waals surface area contributed by atoms with E-state index in [4.69, 9.17) is 9.97 Å². The maximum absolute atomic E-state index is 11.0. The molecule has 4 nitrogen and oxygen atoms in total. The quantitative estimate of drug-likeness (QED) is 0.169. The van der Waals surface area contributed by atoms with Gasteiger partial charge in [-0.3, -0.25) is 9.97 Å². The Morgan fingerprint density at radius 1 is 0.593 bits per heavy atom. The molecule has 9 aromatic rings. The van der Waals surface area contributed by atoms with Crippen LogP contribution in [-0.4, -0.2) is 19.6 Å². The number of fused-ring (bicyclic) bond motifs is 3. The molecule has 4 aromatic heterocycles. The minimum atomic E-state index is -0.0403. The van der Waals surface area contributed by atoms with Crippen LogP contribution in [0.5, 0.6) is 5.75 Å². The van der Waals surface area contributed by atoms with Crippen molar-refractivity contribution in [3.8, 4) is 67.5 Å². The second-order valence-corrected chi connectivity index (χ2v) is 18.6. The zero-order chi connectivity index (χ0) is 40.3. The fourth-order valence-corrected chi connectivity index (χ4v) is 8.89. The number of phenolic OH excluding ortho intramolecular Hbond substituents is 1. The van der Waals surface area contributed by atoms with Crippen molar-refractivity contribution >= 4 is 32.5 Å². The third-order valence-electron chi connectivity index (χ3n) is 11.0. The summed E-state index contributed by atoms with van der Waals surface area (Å²) in [5.41, 5.74) is 15.1. The number of pyridine rings is 2. The molecule has 296 valence electrons. The SMILES string of the molecule is Cc1cc2c(s1)c1cccc(-c3ccnc(-c4[c-]c(-c5cc(-c6cc(C(C)(C)C)cc(C(C)(C)C)c6)cc(-c6ccccc6O)n5)ccc4)c3)c1n2-c1ccccc1.[Pt]. The van der Waals surface area contributed by atoms with Gasteiger partial charge in [-0.15, -0.1) is 35.6 Å². The van der Waals surface area contributed by atoms with Gasteiger partial charge in [0.25, 0.3) is 0 Å². The van der Waals surface area contributed by atoms with E-state index in [1.807, 2.05) is 35.7 Å². The van der Waals surface area contributed by atoms with Crippen LogP contribution in [0.3, 0.4) is 0 Å². The third kappa shape index (κ3) is 7.71. The number of phenols is 1. The Labute approximate surface area is 365 Å². The Kier molecular flexibility index (Phi) is 10.6. The summed E-state index contributed by atoms with van der Waals surface area (Å²) in [6.45, 7) is 15.8. The zero-order valence-corrected chi connectivity index (χ0v) is 37.5. The largest absolute Gasteiger partial charge is 0.507 e. The Hall–Kier alpha value is -5.61. The number of thiophene rings is 1. The topological polar surface area (TPSA) is 50.9 Å². The number of aromatic hydroxyl groups is 1. The van der Waals surface area contributed by atoms with Crippen LogP contribution in [0, 0.1) is 13.0 Å². The Morgan fingerprint density at radius 2 is 1.20 bits per heavy atom. The van der Waals surface area contributed by atoms with Gasteiger partial charge >= 0.3 is 0 Å². The molecule has 0 fully saturated rings. The van der Waals surface area contributed by atoms with Gasteiger partial charge in [-0.2, -0.15) is 0 Å². The maximum atomic E-state index is 11.0. The predicted molar refractivity (Wildman–Crippen MR) is 244 cm³/mol. The van der Waals surface area contributed by atoms with Crippen LogP contribution < -0.4 is 0 Å². The average Bonchev–Trinajstić information content (AvgIpc) is 3.75. The summed E-state index contributed by atoms with van der Waals surface area (Å²) >= 11 is 1.85. The number of benzene rings is 5. The van der Waals surface area contributed by atoms with E-state index < -0.39 is 0 Å². The van der Waals surface area contributed by atoms with E-state index in [-0.39, 0.29) is 37.6 Å². The molecule has 0 bridgehead atoms. The summed E-state index contributed by atoms with van der Waals surface area (Å²) in [6, 6.07) is 52.3. The summed E-state index contributed by atoms with van der Waals surface area (Å²) in [6.07, 6.45) is 1.90. The smallest absolute Gasteiger partial charge is 0.124 e. The van der Waals surface area contributed by atoms with Gasteiger partial charge in [-0.05, 0) is 88.0 Å². The van der Waals surface area contributed by atoms with Gasteiger partial charge in [0.05, 0.1) is 21.4 Å². The molecule has 4 heterocycles. The summed E-state index contributed by atoms with van der Waals surface area (Å²) in [5.74, 6) is 0.194. The molecule has 0 radical (unpaired) electrons. The number of rotatable bonds is 6. The van der Waals surface area contributed by atoms with Crippen LogP contribution in [0.1, 0.15) is 57.5 Å². The molecule has 9 rings (SSSR count). The second-order valence-electron chi connectivity index (χ2n) is 17.3. The van der Waals surface area contributed by atoms with Gasteiger partial charge in [-0.1, -0.05) is 132 Å². The first-order valence-electron chi connectivity index (χ1n) is 19.9. The predicted octanol–water partition coefficient (Wildman–Crippen LogP) is 14.4. The molecule has 5 aromatic carbocycles. The van der Waals surface area contributed by atoms with Crippen LogP contribution >= 0.6 is 11.3 Å². The molecular weight excluding hydrogens is 922 g/mol. The molecule has 6 heteroatoms. The maximum Gasteiger partial charge on any atom is 0.124 e. The van der Waals surface area contributed by atoms with Crippen molar-refractivity contribution in [3.63, 3.8) is 0 Å². The van der Waals surface area contributed by atoms with Crippen LogP contribution in [0.4, 0.5) is 0 Å². The molecular formula is C53H46N3OPtS-. The van der Waals surface area contributed by atoms with E-state index in [0.29, 0.717) is 11.3 Å². The summed E-state index contributed by atoms with van der Waals surface area (Å²) in [5, 5.41) is 12.3. The number of para-hydroxylation sites is 3. The molecule has 59 heavy (non-hydrogen) atoms. The van der Waals surface area contributed by atoms with E-state index >= 15 is 0 Å². The number of aryl methyl sites for hydroxylation is 1. The third-order valence-corrected chi connectivity index (χ3v) is 12.1. The second kappa shape index (κ2) is 15.5. The molecule has 0 saturated carbocycles. The monoisotopic (exact) mass is 967 g/mol. The molecule has 0 aliphatic carbocycles. The van der Waals surface area contributed by atoms with Gasteiger partial charge in [0.15, 0.2) is 0 Å². The van der Waals surface area contributed by atoms with Gasteiger partial charge < -0.3 is 9.67 Å². The van der Waals surface area contributed by atoms with Crippen LogP contribution in [-0.2, 0) is 31.9 Å². The first-order chi connectivity index (χ1) is 27.8. The fraction of sp³-hybridized carbons (Fsp3) is 0.170. The Morgan fingerprint density at radius 3 is 1.92 bits per heavy atom. The molecule has 0 spiro atoms. The minimum Gasteiger partial charge on any atom is -0.507 e. The number of aromatic nitrogens is 3. The van der Waals surface area contributed by atoms with Crippen LogP contribution in [0.2, 0.25) is 0 Å². The van der Waals surface area contributed by atoms with Gasteiger partial charge in [-0.25, -0.2) is 0 Å². The van der Waals surface area contributed by atoms with Gasteiger partial charge in [0.2, 0.25) is 0 Å². The fourth-order valence-electron chi connectivity index (χ4n) is 7.86. The van der Waals surface area contributed by atoms with E-state index in [2.05, 4.69) is 174 Å². The Balaban J connectivity index is 0.00000484. The van der Waals surface area contributed by atoms with E-state index in [0.717, 1.165) is 50.5 Å². The van der Waals surface area contributed by atoms with Crippen molar-refractivity contribution in [3.05, 3.63) is 168 Å². The molecule has 0 saturated heterocycles. The number of hydrogen-bond donors (Lipinski definition) is 1. The molecule has 1 N–H and O–H groups in total. The van der Waals surface area contributed by atoms with Crippen molar-refractivity contribution < 1.29 is 26.2 Å². The first-order valence-corrected chi connectivity index (χ1v) is 20.7. The average molecular weight is 968 g/mol. The number of nitrogens with zero attached hydrogens (tertiary/aromatic N) is 3. The molecule has 0 aliphatic heterocycles. The normalized spacial score (nSPS) is 11.9. The van der Waals surface area contributed by atoms with E-state index in [1.165, 1.54) is 37.1 Å². The van der Waals surface area contributed by atoms with E-state index in [1.54, 1.807) is 6.07 Å². The van der Waals surface area contributed by atoms with Crippen LogP contribution in [0.15, 0.2) is 146 Å².